The summed E-state index contributed by atoms with van der Waals surface area (Å²) in [5.74, 6) is 0.0681. The lowest BCUT2D eigenvalue weighted by atomic mass is 10.0. The maximum atomic E-state index is 13.1. The largest absolute Gasteiger partial charge is 0.497 e. The van der Waals surface area contributed by atoms with Gasteiger partial charge in [0.1, 0.15) is 11.4 Å². The molecule has 6 nitrogen and oxygen atoms in total. The van der Waals surface area contributed by atoms with Crippen molar-refractivity contribution in [1.29, 1.82) is 0 Å². The van der Waals surface area contributed by atoms with Crippen LogP contribution in [0, 0.1) is 6.92 Å². The van der Waals surface area contributed by atoms with Gasteiger partial charge in [0, 0.05) is 25.4 Å². The van der Waals surface area contributed by atoms with Crippen LogP contribution in [-0.4, -0.2) is 43.6 Å². The van der Waals surface area contributed by atoms with Gasteiger partial charge in [0.15, 0.2) is 0 Å². The maximum Gasteiger partial charge on any atom is 0.278 e. The minimum Gasteiger partial charge on any atom is -0.497 e. The zero-order valence-corrected chi connectivity index (χ0v) is 17.0. The summed E-state index contributed by atoms with van der Waals surface area (Å²) in [6.07, 6.45) is 0.596. The van der Waals surface area contributed by atoms with Crippen LogP contribution in [0.15, 0.2) is 54.2 Å². The summed E-state index contributed by atoms with van der Waals surface area (Å²) < 4.78 is 10.5. The van der Waals surface area contributed by atoms with E-state index in [1.54, 1.807) is 31.4 Å². The first-order valence-electron chi connectivity index (χ1n) is 9.71. The number of nitrogens with one attached hydrogen (secondary N) is 1. The van der Waals surface area contributed by atoms with Crippen LogP contribution in [0.25, 0.3) is 5.57 Å². The average Bonchev–Trinajstić information content (AvgIpc) is 2.95. The fraction of sp³-hybridized carbons (Fsp3) is 0.304. The van der Waals surface area contributed by atoms with Gasteiger partial charge in [-0.25, -0.2) is 0 Å². The fourth-order valence-corrected chi connectivity index (χ4v) is 3.26. The van der Waals surface area contributed by atoms with Crippen molar-refractivity contribution in [2.45, 2.75) is 20.3 Å². The van der Waals surface area contributed by atoms with E-state index in [1.807, 2.05) is 38.1 Å². The number of aryl methyl sites for hydroxylation is 1. The number of benzene rings is 2. The molecule has 152 valence electrons. The van der Waals surface area contributed by atoms with Gasteiger partial charge >= 0.3 is 0 Å². The van der Waals surface area contributed by atoms with Crippen molar-refractivity contribution < 1.29 is 19.1 Å². The van der Waals surface area contributed by atoms with E-state index in [4.69, 9.17) is 9.47 Å². The summed E-state index contributed by atoms with van der Waals surface area (Å²) in [6.45, 7) is 5.32. The molecule has 2 amide bonds. The molecule has 2 aromatic carbocycles. The quantitative estimate of drug-likeness (QED) is 0.520. The molecule has 0 atom stereocenters. The number of nitrogens with zero attached hydrogens (tertiary/aromatic N) is 1. The molecule has 29 heavy (non-hydrogen) atoms. The molecule has 0 saturated heterocycles. The number of hydrogen-bond acceptors (Lipinski definition) is 5. The molecule has 1 aliphatic heterocycles. The van der Waals surface area contributed by atoms with E-state index in [1.165, 1.54) is 4.90 Å². The molecule has 1 heterocycles. The Kier molecular flexibility index (Phi) is 6.67. The minimum atomic E-state index is -0.321. The van der Waals surface area contributed by atoms with Gasteiger partial charge in [-0.15, -0.1) is 0 Å². The van der Waals surface area contributed by atoms with E-state index in [0.717, 1.165) is 11.3 Å². The Balaban J connectivity index is 1.94. The van der Waals surface area contributed by atoms with Crippen LogP contribution in [-0.2, 0) is 14.3 Å². The smallest absolute Gasteiger partial charge is 0.278 e. The molecule has 0 spiro atoms. The molecule has 0 aliphatic carbocycles. The lowest BCUT2D eigenvalue weighted by Crippen LogP contribution is -2.34. The molecule has 1 N–H and O–H groups in total. The number of rotatable bonds is 9. The third-order valence-electron chi connectivity index (χ3n) is 4.71. The maximum absolute atomic E-state index is 13.1. The SMILES string of the molecule is CCOCCCN1C(=O)C(Nc2cccc(C)c2)=C(c2ccc(OC)cc2)C1=O. The lowest BCUT2D eigenvalue weighted by Gasteiger charge is -2.15. The van der Waals surface area contributed by atoms with Crippen molar-refractivity contribution in [1.82, 2.24) is 4.90 Å². The summed E-state index contributed by atoms with van der Waals surface area (Å²) in [4.78, 5) is 27.5. The van der Waals surface area contributed by atoms with E-state index < -0.39 is 0 Å². The molecule has 3 rings (SSSR count). The number of anilines is 1. The molecule has 0 fully saturated rings. The van der Waals surface area contributed by atoms with Gasteiger partial charge in [-0.1, -0.05) is 24.3 Å². The molecule has 2 aromatic rings. The highest BCUT2D eigenvalue weighted by Gasteiger charge is 2.38. The number of amides is 2. The van der Waals surface area contributed by atoms with Gasteiger partial charge in [-0.05, 0) is 55.7 Å². The van der Waals surface area contributed by atoms with Crippen LogP contribution in [0.2, 0.25) is 0 Å². The van der Waals surface area contributed by atoms with Gasteiger partial charge in [0.25, 0.3) is 11.8 Å². The first kappa shape index (κ1) is 20.6. The Bertz CT molecular complexity index is 919. The Morgan fingerprint density at radius 1 is 1.03 bits per heavy atom. The van der Waals surface area contributed by atoms with Crippen molar-refractivity contribution in [3.05, 3.63) is 65.4 Å². The molecule has 0 aromatic heterocycles. The standard InChI is InChI=1S/C23H26N2O4/c1-4-29-14-6-13-25-22(26)20(17-9-11-19(28-3)12-10-17)21(23(25)27)24-18-8-5-7-16(2)15-18/h5,7-12,15,24H,4,6,13-14H2,1-3H3. The molecular weight excluding hydrogens is 368 g/mol. The van der Waals surface area contributed by atoms with Crippen LogP contribution >= 0.6 is 0 Å². The first-order valence-corrected chi connectivity index (χ1v) is 9.71. The number of carbonyl (C=O) groups excluding carboxylic acids is 2. The number of carbonyl (C=O) groups is 2. The van der Waals surface area contributed by atoms with Crippen LogP contribution in [0.4, 0.5) is 5.69 Å². The van der Waals surface area contributed by atoms with Crippen molar-refractivity contribution in [3.63, 3.8) is 0 Å². The molecule has 0 unspecified atom stereocenters. The zero-order chi connectivity index (χ0) is 20.8. The highest BCUT2D eigenvalue weighted by Crippen LogP contribution is 2.31. The molecule has 6 heteroatoms. The van der Waals surface area contributed by atoms with Gasteiger partial charge in [-0.3, -0.25) is 14.5 Å². The Morgan fingerprint density at radius 3 is 2.45 bits per heavy atom. The lowest BCUT2D eigenvalue weighted by molar-refractivity contribution is -0.137. The number of imide groups is 1. The summed E-state index contributed by atoms with van der Waals surface area (Å²) in [5.41, 5.74) is 3.17. The zero-order valence-electron chi connectivity index (χ0n) is 17.0. The van der Waals surface area contributed by atoms with Gasteiger partial charge in [0.2, 0.25) is 0 Å². The van der Waals surface area contributed by atoms with Gasteiger partial charge in [-0.2, -0.15) is 0 Å². The normalized spacial score (nSPS) is 14.0. The van der Waals surface area contributed by atoms with Gasteiger partial charge < -0.3 is 14.8 Å². The van der Waals surface area contributed by atoms with Crippen molar-refractivity contribution in [2.24, 2.45) is 0 Å². The van der Waals surface area contributed by atoms with Crippen LogP contribution in [0.5, 0.6) is 5.75 Å². The van der Waals surface area contributed by atoms with E-state index in [0.29, 0.717) is 48.8 Å². The van der Waals surface area contributed by atoms with Crippen molar-refractivity contribution in [3.8, 4) is 5.75 Å². The number of hydrogen-bond donors (Lipinski definition) is 1. The Morgan fingerprint density at radius 2 is 1.79 bits per heavy atom. The van der Waals surface area contributed by atoms with Crippen LogP contribution in [0.1, 0.15) is 24.5 Å². The fourth-order valence-electron chi connectivity index (χ4n) is 3.26. The Labute approximate surface area is 171 Å². The topological polar surface area (TPSA) is 67.9 Å². The molecule has 0 saturated carbocycles. The summed E-state index contributed by atoms with van der Waals surface area (Å²) in [6, 6.07) is 14.8. The molecule has 0 radical (unpaired) electrons. The molecule has 0 bridgehead atoms. The third kappa shape index (κ3) is 4.66. The summed E-state index contributed by atoms with van der Waals surface area (Å²) in [7, 11) is 1.59. The van der Waals surface area contributed by atoms with Crippen LogP contribution < -0.4 is 10.1 Å². The number of ether oxygens (including phenoxy) is 2. The second-order valence-electron chi connectivity index (χ2n) is 6.79. The van der Waals surface area contributed by atoms with E-state index in [9.17, 15) is 9.59 Å². The van der Waals surface area contributed by atoms with Crippen molar-refractivity contribution in [2.75, 3.05) is 32.2 Å². The average molecular weight is 394 g/mol. The minimum absolute atomic E-state index is 0.294. The third-order valence-corrected chi connectivity index (χ3v) is 4.71. The summed E-state index contributed by atoms with van der Waals surface area (Å²) in [5, 5.41) is 3.18. The first-order chi connectivity index (χ1) is 14.0. The van der Waals surface area contributed by atoms with Crippen LogP contribution in [0.3, 0.4) is 0 Å². The highest BCUT2D eigenvalue weighted by molar-refractivity contribution is 6.36. The predicted molar refractivity (Wildman–Crippen MR) is 113 cm³/mol. The van der Waals surface area contributed by atoms with E-state index in [2.05, 4.69) is 5.32 Å². The van der Waals surface area contributed by atoms with Crippen molar-refractivity contribution >= 4 is 23.1 Å². The van der Waals surface area contributed by atoms with E-state index >= 15 is 0 Å². The molecule has 1 aliphatic rings. The Hall–Kier alpha value is -3.12. The molecular formula is C23H26N2O4. The van der Waals surface area contributed by atoms with Gasteiger partial charge in [0.05, 0.1) is 12.7 Å². The second kappa shape index (κ2) is 9.39. The van der Waals surface area contributed by atoms with E-state index in [-0.39, 0.29) is 11.8 Å². The number of methoxy groups -OCH3 is 1. The predicted octanol–water partition coefficient (Wildman–Crippen LogP) is 3.62. The summed E-state index contributed by atoms with van der Waals surface area (Å²) >= 11 is 0. The second-order valence-corrected chi connectivity index (χ2v) is 6.79. The highest BCUT2D eigenvalue weighted by atomic mass is 16.5. The monoisotopic (exact) mass is 394 g/mol.